The molecule has 0 aliphatic rings. The van der Waals surface area contributed by atoms with E-state index in [0.29, 0.717) is 13.0 Å². The number of hydrogen-bond donors (Lipinski definition) is 8. The Labute approximate surface area is 177 Å². The van der Waals surface area contributed by atoms with Crippen molar-refractivity contribution >= 4 is 5.97 Å². The summed E-state index contributed by atoms with van der Waals surface area (Å²) >= 11 is 0. The van der Waals surface area contributed by atoms with Crippen LogP contribution in [0.4, 0.5) is 0 Å². The van der Waals surface area contributed by atoms with Gasteiger partial charge in [-0.3, -0.25) is 4.79 Å². The van der Waals surface area contributed by atoms with E-state index in [4.69, 9.17) is 4.74 Å². The van der Waals surface area contributed by atoms with Crippen LogP contribution in [0.3, 0.4) is 0 Å². The molecule has 0 fully saturated rings. The van der Waals surface area contributed by atoms with Crippen molar-refractivity contribution in [2.45, 2.75) is 44.0 Å². The van der Waals surface area contributed by atoms with Gasteiger partial charge in [0, 0.05) is 19.3 Å². The third kappa shape index (κ3) is 8.33. The first-order valence-electron chi connectivity index (χ1n) is 9.95. The smallest absolute Gasteiger partial charge is 0.306 e. The predicted molar refractivity (Wildman–Crippen MR) is 106 cm³/mol. The molecule has 2 atom stereocenters. The highest BCUT2D eigenvalue weighted by Crippen LogP contribution is 2.30. The lowest BCUT2D eigenvalue weighted by Gasteiger charge is -2.37. The van der Waals surface area contributed by atoms with Gasteiger partial charge >= 0.3 is 5.97 Å². The molecule has 0 rings (SSSR count). The standard InChI is InChI=1S/C19H39NO10/c1-20(2)5-3-4-17(29)30-14(6-15(27)18(8-21,9-22)10-23)7-16(28)19(11-24,12-25)13-26/h14-16,21-28H,3-13H2,1-2H3. The fraction of sp³-hybridized carbons (Fsp3) is 0.947. The van der Waals surface area contributed by atoms with Crippen molar-refractivity contribution in [2.75, 3.05) is 60.3 Å². The zero-order valence-corrected chi connectivity index (χ0v) is 17.9. The number of nitrogens with zero attached hydrogens (tertiary/aromatic N) is 1. The van der Waals surface area contributed by atoms with Gasteiger partial charge in [0.05, 0.1) is 62.7 Å². The van der Waals surface area contributed by atoms with E-state index in [0.717, 1.165) is 0 Å². The molecule has 0 radical (unpaired) electrons. The monoisotopic (exact) mass is 441 g/mol. The average Bonchev–Trinajstić information content (AvgIpc) is 2.71. The fourth-order valence-corrected chi connectivity index (χ4v) is 2.91. The average molecular weight is 442 g/mol. The minimum absolute atomic E-state index is 0.0666. The van der Waals surface area contributed by atoms with E-state index in [1.165, 1.54) is 0 Å². The normalized spacial score (nSPS) is 15.8. The molecule has 8 N–H and O–H groups in total. The van der Waals surface area contributed by atoms with E-state index < -0.39 is 74.8 Å². The molecule has 0 spiro atoms. The molecule has 0 amide bonds. The van der Waals surface area contributed by atoms with Crippen LogP contribution in [-0.4, -0.2) is 130 Å². The molecule has 0 aromatic heterocycles. The van der Waals surface area contributed by atoms with E-state index in [1.807, 2.05) is 19.0 Å². The minimum Gasteiger partial charge on any atom is -0.462 e. The molecule has 11 heteroatoms. The quantitative estimate of drug-likeness (QED) is 0.105. The fourth-order valence-electron chi connectivity index (χ4n) is 2.91. The van der Waals surface area contributed by atoms with Gasteiger partial charge in [-0.25, -0.2) is 0 Å². The Morgan fingerprint density at radius 2 is 1.17 bits per heavy atom. The molecule has 0 saturated carbocycles. The van der Waals surface area contributed by atoms with Gasteiger partial charge in [0.2, 0.25) is 0 Å². The van der Waals surface area contributed by atoms with Crippen LogP contribution in [-0.2, 0) is 9.53 Å². The van der Waals surface area contributed by atoms with Crippen LogP contribution in [0.1, 0.15) is 25.7 Å². The number of carbonyl (C=O) groups excluding carboxylic acids is 1. The Morgan fingerprint density at radius 1 is 0.800 bits per heavy atom. The summed E-state index contributed by atoms with van der Waals surface area (Å²) < 4.78 is 5.36. The number of aliphatic hydroxyl groups excluding tert-OH is 8. The van der Waals surface area contributed by atoms with Crippen molar-refractivity contribution in [3.05, 3.63) is 0 Å². The second kappa shape index (κ2) is 14.2. The zero-order chi connectivity index (χ0) is 23.4. The summed E-state index contributed by atoms with van der Waals surface area (Å²) in [5.41, 5.74) is -3.30. The van der Waals surface area contributed by atoms with Crippen LogP contribution < -0.4 is 0 Å². The van der Waals surface area contributed by atoms with Crippen LogP contribution in [0, 0.1) is 10.8 Å². The molecule has 30 heavy (non-hydrogen) atoms. The van der Waals surface area contributed by atoms with Gasteiger partial charge < -0.3 is 50.5 Å². The predicted octanol–water partition coefficient (Wildman–Crippen LogP) is -3.33. The summed E-state index contributed by atoms with van der Waals surface area (Å²) in [6.45, 7) is -3.78. The van der Waals surface area contributed by atoms with Crippen molar-refractivity contribution < 1.29 is 50.4 Å². The highest BCUT2D eigenvalue weighted by Gasteiger charge is 2.42. The zero-order valence-electron chi connectivity index (χ0n) is 17.9. The first kappa shape index (κ1) is 29.1. The highest BCUT2D eigenvalue weighted by atomic mass is 16.5. The molecule has 0 aromatic rings. The molecular formula is C19H39NO10. The van der Waals surface area contributed by atoms with Crippen molar-refractivity contribution in [1.29, 1.82) is 0 Å². The number of carbonyl (C=O) groups is 1. The van der Waals surface area contributed by atoms with E-state index >= 15 is 0 Å². The minimum atomic E-state index is -1.65. The largest absolute Gasteiger partial charge is 0.462 e. The van der Waals surface area contributed by atoms with Gasteiger partial charge in [0.1, 0.15) is 6.10 Å². The van der Waals surface area contributed by atoms with E-state index in [9.17, 15) is 45.6 Å². The number of aliphatic hydroxyl groups is 8. The Kier molecular flexibility index (Phi) is 13.8. The Morgan fingerprint density at radius 3 is 1.47 bits per heavy atom. The van der Waals surface area contributed by atoms with Crippen LogP contribution in [0.25, 0.3) is 0 Å². The molecule has 0 aromatic carbocycles. The molecule has 11 nitrogen and oxygen atoms in total. The SMILES string of the molecule is CN(C)CCCC(=O)OC(CC(O)C(CO)(CO)CO)CC(O)C(CO)(CO)CO. The van der Waals surface area contributed by atoms with Crippen LogP contribution in [0.5, 0.6) is 0 Å². The number of rotatable bonds is 17. The lowest BCUT2D eigenvalue weighted by atomic mass is 9.78. The van der Waals surface area contributed by atoms with Crippen LogP contribution in [0.15, 0.2) is 0 Å². The second-order valence-corrected chi connectivity index (χ2v) is 8.20. The molecule has 0 aliphatic carbocycles. The van der Waals surface area contributed by atoms with Crippen molar-refractivity contribution in [3.63, 3.8) is 0 Å². The highest BCUT2D eigenvalue weighted by molar-refractivity contribution is 5.69. The Bertz CT molecular complexity index is 424. The van der Waals surface area contributed by atoms with Crippen molar-refractivity contribution in [1.82, 2.24) is 4.90 Å². The summed E-state index contributed by atoms with van der Waals surface area (Å²) in [6.07, 6.45) is -4.21. The molecule has 0 aliphatic heterocycles. The van der Waals surface area contributed by atoms with E-state index in [1.54, 1.807) is 0 Å². The third-order valence-corrected chi connectivity index (χ3v) is 5.56. The lowest BCUT2D eigenvalue weighted by Crippen LogP contribution is -2.49. The first-order chi connectivity index (χ1) is 14.1. The molecule has 0 bridgehead atoms. The van der Waals surface area contributed by atoms with Crippen LogP contribution >= 0.6 is 0 Å². The van der Waals surface area contributed by atoms with Gasteiger partial charge in [-0.1, -0.05) is 0 Å². The van der Waals surface area contributed by atoms with Gasteiger partial charge in [0.25, 0.3) is 0 Å². The molecule has 0 saturated heterocycles. The van der Waals surface area contributed by atoms with Crippen molar-refractivity contribution in [2.24, 2.45) is 10.8 Å². The summed E-state index contributed by atoms with van der Waals surface area (Å²) in [5.74, 6) is -0.605. The number of hydrogen-bond acceptors (Lipinski definition) is 11. The summed E-state index contributed by atoms with van der Waals surface area (Å²) in [7, 11) is 3.69. The lowest BCUT2D eigenvalue weighted by molar-refractivity contribution is -0.160. The Hall–Kier alpha value is -0.890. The molecule has 180 valence electrons. The van der Waals surface area contributed by atoms with Gasteiger partial charge in [-0.05, 0) is 27.1 Å². The maximum absolute atomic E-state index is 12.2. The first-order valence-corrected chi connectivity index (χ1v) is 9.95. The summed E-state index contributed by atoms with van der Waals surface area (Å²) in [4.78, 5) is 14.1. The van der Waals surface area contributed by atoms with Gasteiger partial charge in [0.15, 0.2) is 0 Å². The van der Waals surface area contributed by atoms with E-state index in [2.05, 4.69) is 0 Å². The van der Waals surface area contributed by atoms with Crippen LogP contribution in [0.2, 0.25) is 0 Å². The maximum Gasteiger partial charge on any atom is 0.306 e. The third-order valence-electron chi connectivity index (χ3n) is 5.56. The summed E-state index contributed by atoms with van der Waals surface area (Å²) in [5, 5.41) is 77.9. The number of ether oxygens (including phenoxy) is 1. The summed E-state index contributed by atoms with van der Waals surface area (Å²) in [6, 6.07) is 0. The molecule has 0 heterocycles. The maximum atomic E-state index is 12.2. The molecular weight excluding hydrogens is 402 g/mol. The Balaban J connectivity index is 5.41. The van der Waals surface area contributed by atoms with E-state index in [-0.39, 0.29) is 19.3 Å². The second-order valence-electron chi connectivity index (χ2n) is 8.20. The van der Waals surface area contributed by atoms with Gasteiger partial charge in [-0.2, -0.15) is 0 Å². The number of esters is 1. The topological polar surface area (TPSA) is 191 Å². The molecule has 2 unspecified atom stereocenters. The van der Waals surface area contributed by atoms with Crippen molar-refractivity contribution in [3.8, 4) is 0 Å². The van der Waals surface area contributed by atoms with Gasteiger partial charge in [-0.15, -0.1) is 0 Å².